The summed E-state index contributed by atoms with van der Waals surface area (Å²) >= 11 is 0. The van der Waals surface area contributed by atoms with Crippen LogP contribution < -0.4 is 11.2 Å². The molecule has 3 rings (SSSR count). The first-order valence-corrected chi connectivity index (χ1v) is 6.77. The molecule has 2 aromatic rings. The standard InChI is InChI=1S/C14H17BFNO4/c1-13(2)14(3,4)21-15(20-13)8-6-9(16)11-10(7-8)17(5)12(18)19-11/h6-7H,1-5H3. The molecule has 112 valence electrons. The van der Waals surface area contributed by atoms with Crippen molar-refractivity contribution in [1.29, 1.82) is 0 Å². The van der Waals surface area contributed by atoms with Crippen molar-refractivity contribution in [1.82, 2.24) is 4.57 Å². The summed E-state index contributed by atoms with van der Waals surface area (Å²) in [6, 6.07) is 2.94. The van der Waals surface area contributed by atoms with Gasteiger partial charge in [0.25, 0.3) is 0 Å². The van der Waals surface area contributed by atoms with E-state index in [1.165, 1.54) is 17.7 Å². The van der Waals surface area contributed by atoms with Gasteiger partial charge in [0.2, 0.25) is 0 Å². The van der Waals surface area contributed by atoms with Gasteiger partial charge < -0.3 is 13.7 Å². The van der Waals surface area contributed by atoms with Gasteiger partial charge in [0.05, 0.1) is 16.7 Å². The van der Waals surface area contributed by atoms with E-state index in [4.69, 9.17) is 13.7 Å². The van der Waals surface area contributed by atoms with Crippen LogP contribution in [0.25, 0.3) is 11.1 Å². The third kappa shape index (κ3) is 2.03. The van der Waals surface area contributed by atoms with Crippen LogP contribution in [0.15, 0.2) is 21.3 Å². The Kier molecular flexibility index (Phi) is 2.87. The number of fused-ring (bicyclic) bond motifs is 1. The first-order valence-electron chi connectivity index (χ1n) is 6.77. The van der Waals surface area contributed by atoms with Crippen LogP contribution in [0.1, 0.15) is 27.7 Å². The predicted octanol–water partition coefficient (Wildman–Crippen LogP) is 1.57. The van der Waals surface area contributed by atoms with Crippen LogP contribution in [0, 0.1) is 5.82 Å². The molecule has 1 aliphatic rings. The molecular formula is C14H17BFNO4. The Morgan fingerprint density at radius 3 is 2.29 bits per heavy atom. The number of hydrogen-bond acceptors (Lipinski definition) is 4. The predicted molar refractivity (Wildman–Crippen MR) is 77.1 cm³/mol. The van der Waals surface area contributed by atoms with Gasteiger partial charge in [-0.05, 0) is 45.3 Å². The van der Waals surface area contributed by atoms with Gasteiger partial charge in [0, 0.05) is 7.05 Å². The zero-order valence-corrected chi connectivity index (χ0v) is 12.7. The highest BCUT2D eigenvalue weighted by Gasteiger charge is 2.51. The van der Waals surface area contributed by atoms with Crippen molar-refractivity contribution >= 4 is 23.7 Å². The van der Waals surface area contributed by atoms with Gasteiger partial charge in [0.1, 0.15) is 0 Å². The van der Waals surface area contributed by atoms with Gasteiger partial charge in [-0.15, -0.1) is 0 Å². The molecule has 0 amide bonds. The molecule has 0 atom stereocenters. The van der Waals surface area contributed by atoms with Crippen LogP contribution in [0.5, 0.6) is 0 Å². The molecule has 7 heteroatoms. The molecule has 0 saturated carbocycles. The second-order valence-corrected chi connectivity index (χ2v) is 6.37. The number of benzene rings is 1. The highest BCUT2D eigenvalue weighted by atomic mass is 19.1. The number of hydrogen-bond donors (Lipinski definition) is 0. The van der Waals surface area contributed by atoms with E-state index < -0.39 is 29.9 Å². The van der Waals surface area contributed by atoms with Crippen LogP contribution in [0.4, 0.5) is 4.39 Å². The minimum Gasteiger partial charge on any atom is -0.405 e. The monoisotopic (exact) mass is 293 g/mol. The molecule has 1 aromatic heterocycles. The lowest BCUT2D eigenvalue weighted by molar-refractivity contribution is 0.00578. The minimum absolute atomic E-state index is 0.0530. The van der Waals surface area contributed by atoms with E-state index in [1.807, 2.05) is 27.7 Å². The molecule has 1 aliphatic heterocycles. The average molecular weight is 293 g/mol. The Balaban J connectivity index is 2.11. The maximum absolute atomic E-state index is 14.1. The van der Waals surface area contributed by atoms with Crippen molar-refractivity contribution in [3.63, 3.8) is 0 Å². The number of halogens is 1. The largest absolute Gasteiger partial charge is 0.495 e. The molecule has 21 heavy (non-hydrogen) atoms. The molecule has 0 spiro atoms. The van der Waals surface area contributed by atoms with Gasteiger partial charge >= 0.3 is 12.9 Å². The van der Waals surface area contributed by atoms with E-state index >= 15 is 0 Å². The summed E-state index contributed by atoms with van der Waals surface area (Å²) in [5.41, 5.74) is -0.168. The highest BCUT2D eigenvalue weighted by Crippen LogP contribution is 2.36. The van der Waals surface area contributed by atoms with Crippen LogP contribution in [0.3, 0.4) is 0 Å². The van der Waals surface area contributed by atoms with Crippen LogP contribution in [-0.2, 0) is 16.4 Å². The van der Waals surface area contributed by atoms with Crippen LogP contribution in [-0.4, -0.2) is 22.9 Å². The summed E-state index contributed by atoms with van der Waals surface area (Å²) < 4.78 is 32.0. The fourth-order valence-corrected chi connectivity index (χ4v) is 2.32. The lowest BCUT2D eigenvalue weighted by Gasteiger charge is -2.32. The molecule has 0 N–H and O–H groups in total. The maximum Gasteiger partial charge on any atom is 0.495 e. The third-order valence-electron chi connectivity index (χ3n) is 4.40. The summed E-state index contributed by atoms with van der Waals surface area (Å²) in [5.74, 6) is -1.20. The molecule has 2 heterocycles. The highest BCUT2D eigenvalue weighted by molar-refractivity contribution is 6.62. The minimum atomic E-state index is -0.682. The Morgan fingerprint density at radius 1 is 1.14 bits per heavy atom. The summed E-state index contributed by atoms with van der Waals surface area (Å²) in [7, 11) is 0.848. The first kappa shape index (κ1) is 14.3. The van der Waals surface area contributed by atoms with Gasteiger partial charge in [-0.1, -0.05) is 0 Å². The van der Waals surface area contributed by atoms with Gasteiger partial charge in [-0.3, -0.25) is 4.57 Å². The van der Waals surface area contributed by atoms with Gasteiger partial charge in [0.15, 0.2) is 11.4 Å². The number of aromatic nitrogens is 1. The summed E-state index contributed by atoms with van der Waals surface area (Å²) in [5, 5.41) is 0. The van der Waals surface area contributed by atoms with Crippen molar-refractivity contribution in [3.05, 3.63) is 28.5 Å². The van der Waals surface area contributed by atoms with Crippen molar-refractivity contribution in [2.24, 2.45) is 7.05 Å². The molecular weight excluding hydrogens is 276 g/mol. The zero-order valence-electron chi connectivity index (χ0n) is 12.7. The van der Waals surface area contributed by atoms with Crippen molar-refractivity contribution in [2.45, 2.75) is 38.9 Å². The van der Waals surface area contributed by atoms with E-state index in [1.54, 1.807) is 6.07 Å². The second-order valence-electron chi connectivity index (χ2n) is 6.37. The molecule has 1 saturated heterocycles. The number of nitrogens with zero attached hydrogens (tertiary/aromatic N) is 1. The molecule has 1 aromatic carbocycles. The van der Waals surface area contributed by atoms with E-state index in [-0.39, 0.29) is 5.58 Å². The molecule has 0 radical (unpaired) electrons. The zero-order chi connectivity index (χ0) is 15.6. The van der Waals surface area contributed by atoms with Crippen LogP contribution in [0.2, 0.25) is 0 Å². The van der Waals surface area contributed by atoms with E-state index in [0.717, 1.165) is 0 Å². The average Bonchev–Trinajstić information content (AvgIpc) is 2.76. The molecule has 0 aliphatic carbocycles. The summed E-state index contributed by atoms with van der Waals surface area (Å²) in [6.07, 6.45) is 0. The topological polar surface area (TPSA) is 53.6 Å². The first-order chi connectivity index (χ1) is 9.62. The number of aryl methyl sites for hydroxylation is 1. The Bertz CT molecular complexity index is 761. The van der Waals surface area contributed by atoms with E-state index in [9.17, 15) is 9.18 Å². The Morgan fingerprint density at radius 2 is 1.71 bits per heavy atom. The fourth-order valence-electron chi connectivity index (χ4n) is 2.32. The molecule has 0 bridgehead atoms. The summed E-state index contributed by atoms with van der Waals surface area (Å²) in [6.45, 7) is 7.70. The molecule has 0 unspecified atom stereocenters. The number of oxazole rings is 1. The van der Waals surface area contributed by atoms with Gasteiger partial charge in [-0.25, -0.2) is 9.18 Å². The fraction of sp³-hybridized carbons (Fsp3) is 0.500. The van der Waals surface area contributed by atoms with E-state index in [2.05, 4.69) is 0 Å². The van der Waals surface area contributed by atoms with Crippen molar-refractivity contribution in [3.8, 4) is 0 Å². The lowest BCUT2D eigenvalue weighted by Crippen LogP contribution is -2.41. The lowest BCUT2D eigenvalue weighted by atomic mass is 9.79. The van der Waals surface area contributed by atoms with Crippen molar-refractivity contribution in [2.75, 3.05) is 0 Å². The second kappa shape index (κ2) is 4.21. The quantitative estimate of drug-likeness (QED) is 0.749. The normalized spacial score (nSPS) is 20.4. The van der Waals surface area contributed by atoms with Gasteiger partial charge in [-0.2, -0.15) is 0 Å². The number of rotatable bonds is 1. The SMILES string of the molecule is Cn1c(=O)oc2c(F)cc(B3OC(C)(C)C(C)(C)O3)cc21. The van der Waals surface area contributed by atoms with E-state index in [0.29, 0.717) is 11.0 Å². The molecule has 5 nitrogen and oxygen atoms in total. The van der Waals surface area contributed by atoms with Crippen LogP contribution >= 0.6 is 0 Å². The Hall–Kier alpha value is -1.60. The molecule has 1 fully saturated rings. The van der Waals surface area contributed by atoms with Crippen molar-refractivity contribution < 1.29 is 18.1 Å². The third-order valence-corrected chi connectivity index (χ3v) is 4.40. The maximum atomic E-state index is 14.1. The smallest absolute Gasteiger partial charge is 0.405 e. The Labute approximate surface area is 121 Å². The summed E-state index contributed by atoms with van der Waals surface area (Å²) in [4.78, 5) is 11.5.